The second kappa shape index (κ2) is 6.56. The van der Waals surface area contributed by atoms with Crippen LogP contribution in [-0.4, -0.2) is 10.5 Å². The maximum atomic E-state index is 12.3. The molecule has 3 rings (SSSR count). The number of aromatic nitrogens is 1. The van der Waals surface area contributed by atoms with E-state index in [2.05, 4.69) is 21.2 Å². The number of benzene rings is 2. The zero-order valence-electron chi connectivity index (χ0n) is 11.9. The van der Waals surface area contributed by atoms with E-state index in [-0.39, 0.29) is 17.9 Å². The molecule has 1 amide bonds. The summed E-state index contributed by atoms with van der Waals surface area (Å²) in [7, 11) is 0. The van der Waals surface area contributed by atoms with Crippen LogP contribution in [0.15, 0.2) is 64.0 Å². The molecule has 0 bridgehead atoms. The molecule has 1 heterocycles. The van der Waals surface area contributed by atoms with Crippen molar-refractivity contribution < 1.29 is 4.79 Å². The Hall–Kier alpha value is -2.11. The molecule has 0 radical (unpaired) electrons. The second-order valence-corrected chi connectivity index (χ2v) is 6.32. The van der Waals surface area contributed by atoms with Crippen LogP contribution in [0, 0.1) is 0 Å². The highest BCUT2D eigenvalue weighted by molar-refractivity contribution is 9.10. The lowest BCUT2D eigenvalue weighted by molar-refractivity contribution is -0.116. The van der Waals surface area contributed by atoms with Crippen molar-refractivity contribution in [3.05, 3.63) is 74.4 Å². The summed E-state index contributed by atoms with van der Waals surface area (Å²) in [4.78, 5) is 24.2. The first-order valence-electron chi connectivity index (χ1n) is 6.88. The molecule has 0 fully saturated rings. The first-order valence-corrected chi connectivity index (χ1v) is 8.05. The van der Waals surface area contributed by atoms with Gasteiger partial charge in [-0.25, -0.2) is 0 Å². The van der Waals surface area contributed by atoms with Crippen LogP contribution in [0.5, 0.6) is 0 Å². The second-order valence-electron chi connectivity index (χ2n) is 5.00. The van der Waals surface area contributed by atoms with E-state index in [1.165, 1.54) is 6.07 Å². The minimum absolute atomic E-state index is 0.0738. The van der Waals surface area contributed by atoms with Gasteiger partial charge in [0.1, 0.15) is 6.54 Å². The van der Waals surface area contributed by atoms with Gasteiger partial charge in [0.25, 0.3) is 0 Å². The predicted molar refractivity (Wildman–Crippen MR) is 96.0 cm³/mol. The fourth-order valence-electron chi connectivity index (χ4n) is 2.32. The van der Waals surface area contributed by atoms with Gasteiger partial charge in [-0.05, 0) is 30.3 Å². The van der Waals surface area contributed by atoms with Crippen LogP contribution in [0.1, 0.15) is 0 Å². The maximum Gasteiger partial charge on any atom is 0.244 e. The molecule has 0 atom stereocenters. The highest BCUT2D eigenvalue weighted by Gasteiger charge is 2.09. The van der Waals surface area contributed by atoms with Crippen molar-refractivity contribution in [2.24, 2.45) is 0 Å². The molecule has 2 aromatic carbocycles. The fraction of sp³-hybridized carbons (Fsp3) is 0.0588. The summed E-state index contributed by atoms with van der Waals surface area (Å²) in [5, 5.41) is 3.82. The lowest BCUT2D eigenvalue weighted by atomic mass is 10.2. The molecule has 0 spiro atoms. The van der Waals surface area contributed by atoms with E-state index >= 15 is 0 Å². The molecule has 1 N–H and O–H groups in total. The topological polar surface area (TPSA) is 51.1 Å². The largest absolute Gasteiger partial charge is 0.338 e. The van der Waals surface area contributed by atoms with Crippen molar-refractivity contribution in [3.8, 4) is 0 Å². The Balaban J connectivity index is 1.91. The van der Waals surface area contributed by atoms with Crippen molar-refractivity contribution in [2.45, 2.75) is 6.54 Å². The Morgan fingerprint density at radius 2 is 1.96 bits per heavy atom. The van der Waals surface area contributed by atoms with Gasteiger partial charge in [-0.1, -0.05) is 39.7 Å². The zero-order valence-corrected chi connectivity index (χ0v) is 14.3. The van der Waals surface area contributed by atoms with Crippen molar-refractivity contribution in [3.63, 3.8) is 0 Å². The lowest BCUT2D eigenvalue weighted by Gasteiger charge is -2.12. The minimum Gasteiger partial charge on any atom is -0.338 e. The Morgan fingerprint density at radius 1 is 1.17 bits per heavy atom. The molecule has 3 aromatic rings. The summed E-state index contributed by atoms with van der Waals surface area (Å²) in [6.07, 6.45) is 1.61. The zero-order chi connectivity index (χ0) is 16.4. The third-order valence-electron chi connectivity index (χ3n) is 3.40. The van der Waals surface area contributed by atoms with Gasteiger partial charge in [-0.3, -0.25) is 9.59 Å². The van der Waals surface area contributed by atoms with E-state index in [0.717, 1.165) is 4.47 Å². The van der Waals surface area contributed by atoms with Gasteiger partial charge < -0.3 is 9.88 Å². The first-order chi connectivity index (χ1) is 11.0. The molecule has 0 saturated heterocycles. The number of fused-ring (bicyclic) bond motifs is 1. The molecule has 0 aliphatic carbocycles. The molecule has 1 aromatic heterocycles. The third-order valence-corrected chi connectivity index (χ3v) is 4.23. The van der Waals surface area contributed by atoms with Gasteiger partial charge in [0.15, 0.2) is 5.43 Å². The molecule has 4 nitrogen and oxygen atoms in total. The van der Waals surface area contributed by atoms with E-state index in [1.807, 2.05) is 6.07 Å². The van der Waals surface area contributed by atoms with Crippen LogP contribution in [0.4, 0.5) is 5.69 Å². The number of halogens is 2. The Bertz CT molecular complexity index is 953. The molecular formula is C17H12BrClN2O2. The quantitative estimate of drug-likeness (QED) is 0.732. The van der Waals surface area contributed by atoms with Crippen molar-refractivity contribution in [2.75, 3.05) is 5.32 Å². The number of nitrogens with one attached hydrogen (secondary N) is 1. The summed E-state index contributed by atoms with van der Waals surface area (Å²) < 4.78 is 2.57. The number of para-hydroxylation sites is 1. The summed E-state index contributed by atoms with van der Waals surface area (Å²) >= 11 is 9.43. The summed E-state index contributed by atoms with van der Waals surface area (Å²) in [5.74, 6) is -0.219. The van der Waals surface area contributed by atoms with Gasteiger partial charge in [0, 0.05) is 22.1 Å². The monoisotopic (exact) mass is 390 g/mol. The van der Waals surface area contributed by atoms with E-state index < -0.39 is 0 Å². The molecule has 116 valence electrons. The average molecular weight is 392 g/mol. The van der Waals surface area contributed by atoms with E-state index in [1.54, 1.807) is 47.2 Å². The number of hydrogen-bond acceptors (Lipinski definition) is 2. The van der Waals surface area contributed by atoms with Crippen molar-refractivity contribution in [1.29, 1.82) is 0 Å². The lowest BCUT2D eigenvalue weighted by Crippen LogP contribution is -2.20. The molecule has 23 heavy (non-hydrogen) atoms. The number of rotatable bonds is 3. The van der Waals surface area contributed by atoms with Crippen LogP contribution in [0.3, 0.4) is 0 Å². The summed E-state index contributed by atoms with van der Waals surface area (Å²) in [6.45, 7) is 0.0818. The van der Waals surface area contributed by atoms with Gasteiger partial charge in [0.05, 0.1) is 16.2 Å². The highest BCUT2D eigenvalue weighted by Crippen LogP contribution is 2.21. The number of pyridine rings is 1. The van der Waals surface area contributed by atoms with Gasteiger partial charge in [-0.15, -0.1) is 0 Å². The number of nitrogens with zero attached hydrogens (tertiary/aromatic N) is 1. The molecule has 0 aliphatic rings. The maximum absolute atomic E-state index is 12.3. The van der Waals surface area contributed by atoms with Crippen LogP contribution in [0.25, 0.3) is 10.9 Å². The number of amides is 1. The molecular weight excluding hydrogens is 380 g/mol. The normalized spacial score (nSPS) is 10.7. The van der Waals surface area contributed by atoms with Crippen molar-refractivity contribution >= 4 is 50.0 Å². The summed E-state index contributed by atoms with van der Waals surface area (Å²) in [5.41, 5.74) is 1.18. The third kappa shape index (κ3) is 3.46. The van der Waals surface area contributed by atoms with Crippen LogP contribution in [0.2, 0.25) is 5.02 Å². The van der Waals surface area contributed by atoms with Crippen LogP contribution in [-0.2, 0) is 11.3 Å². The molecule has 0 unspecified atom stereocenters. The number of hydrogen-bond donors (Lipinski definition) is 1. The first kappa shape index (κ1) is 15.8. The van der Waals surface area contributed by atoms with Gasteiger partial charge in [0.2, 0.25) is 5.91 Å². The van der Waals surface area contributed by atoms with Crippen LogP contribution >= 0.6 is 27.5 Å². The Morgan fingerprint density at radius 3 is 2.74 bits per heavy atom. The average Bonchev–Trinajstić information content (AvgIpc) is 2.52. The SMILES string of the molecule is O=C(Cn1ccc(=O)c2ccc(Br)cc21)Nc1ccccc1Cl. The number of carbonyl (C=O) groups is 1. The minimum atomic E-state index is -0.219. The Labute approximate surface area is 145 Å². The van der Waals surface area contributed by atoms with E-state index in [4.69, 9.17) is 11.6 Å². The van der Waals surface area contributed by atoms with Crippen molar-refractivity contribution in [1.82, 2.24) is 4.57 Å². The van der Waals surface area contributed by atoms with E-state index in [0.29, 0.717) is 21.6 Å². The smallest absolute Gasteiger partial charge is 0.244 e. The number of carbonyl (C=O) groups excluding carboxylic acids is 1. The molecule has 0 aliphatic heterocycles. The number of anilines is 1. The molecule has 0 saturated carbocycles. The summed E-state index contributed by atoms with van der Waals surface area (Å²) in [6, 6.07) is 13.9. The standard InChI is InChI=1S/C17H12BrClN2O2/c18-11-5-6-12-15(9-11)21(8-7-16(12)22)10-17(23)20-14-4-2-1-3-13(14)19/h1-9H,10H2,(H,20,23). The fourth-order valence-corrected chi connectivity index (χ4v) is 2.86. The highest BCUT2D eigenvalue weighted by atomic mass is 79.9. The predicted octanol–water partition coefficient (Wildman–Crippen LogP) is 4.06. The van der Waals surface area contributed by atoms with Gasteiger partial charge >= 0.3 is 0 Å². The Kier molecular flexibility index (Phi) is 4.50. The van der Waals surface area contributed by atoms with E-state index in [9.17, 15) is 9.59 Å². The molecule has 6 heteroatoms. The van der Waals surface area contributed by atoms with Crippen LogP contribution < -0.4 is 10.7 Å². The van der Waals surface area contributed by atoms with Gasteiger partial charge in [-0.2, -0.15) is 0 Å².